The Bertz CT molecular complexity index is 2270. The summed E-state index contributed by atoms with van der Waals surface area (Å²) in [5, 5.41) is 83.9. The molecule has 20 heteroatoms. The highest BCUT2D eigenvalue weighted by Crippen LogP contribution is 2.34. The smallest absolute Gasteiger partial charge is 0.273 e. The number of nitro groups is 1. The fourth-order valence-corrected chi connectivity index (χ4v) is 5.20. The van der Waals surface area contributed by atoms with Gasteiger partial charge in [0.05, 0.1) is 31.8 Å². The van der Waals surface area contributed by atoms with Crippen molar-refractivity contribution >= 4 is 17.3 Å². The highest BCUT2D eigenvalue weighted by atomic mass is 35.5. The third-order valence-electron chi connectivity index (χ3n) is 8.61. The molecular weight excluding hydrogens is 866 g/mol. The number of methoxy groups -OCH3 is 2. The number of rotatable bonds is 10. The van der Waals surface area contributed by atoms with Crippen molar-refractivity contribution in [3.8, 4) is 51.7 Å². The zero-order chi connectivity index (χ0) is 49.1. The van der Waals surface area contributed by atoms with Crippen LogP contribution >= 0.6 is 11.6 Å². The summed E-state index contributed by atoms with van der Waals surface area (Å²) < 4.78 is 9.65. The second-order valence-corrected chi connectivity index (χ2v) is 13.4. The highest BCUT2D eigenvalue weighted by Gasteiger charge is 2.15. The summed E-state index contributed by atoms with van der Waals surface area (Å²) in [7, 11) is 2.83. The van der Waals surface area contributed by atoms with Crippen molar-refractivity contribution in [2.24, 2.45) is 34.4 Å². The second kappa shape index (κ2) is 30.1. The van der Waals surface area contributed by atoms with Crippen LogP contribution < -0.4 is 43.9 Å². The molecule has 0 aliphatic carbocycles. The van der Waals surface area contributed by atoms with Gasteiger partial charge in [-0.25, -0.2) is 0 Å². The molecule has 0 amide bonds. The molecule has 0 atom stereocenters. The van der Waals surface area contributed by atoms with Crippen LogP contribution in [-0.2, 0) is 45.9 Å². The van der Waals surface area contributed by atoms with Crippen LogP contribution in [0.3, 0.4) is 0 Å². The van der Waals surface area contributed by atoms with Gasteiger partial charge in [0.2, 0.25) is 0 Å². The molecule has 0 aliphatic heterocycles. The molecule has 6 rings (SSSR count). The van der Waals surface area contributed by atoms with Crippen LogP contribution in [0.1, 0.15) is 38.9 Å². The molecule has 0 aliphatic rings. The van der Waals surface area contributed by atoms with Crippen molar-refractivity contribution in [3.05, 3.63) is 163 Å². The standard InChI is InChI=1S/C8H10N2O4.2C8H11NO2.C7H8ClNO.C7H9NO2.C7H9NO/c1-14-7-3-6(10(12)13)2-5(4-9)8(7)11;1-11-7-4-2-3-6(5-9)8(7)10;9-4-7-3-6(5-10)1-2-8(7)11;8-6-1-2-7(10)5(3-6)4-9;8-4-5-3-6(9)1-2-7(5)10;8-5-6-3-1-2-4-7(6)9/h2-3,11H,4,9H2,1H3;2-4,10H,5,9H2,1H3;1-3,10-11H,4-5,9H2;1-3,10H,4,9H2;1-3,9-10H,4,8H2;1-4,9H,5,8H2. The van der Waals surface area contributed by atoms with Gasteiger partial charge in [0.15, 0.2) is 23.0 Å². The van der Waals surface area contributed by atoms with E-state index in [4.69, 9.17) is 86.1 Å². The van der Waals surface area contributed by atoms with E-state index in [1.165, 1.54) is 50.6 Å². The quantitative estimate of drug-likeness (QED) is 0.0494. The maximum absolute atomic E-state index is 10.5. The average Bonchev–Trinajstić information content (AvgIpc) is 3.32. The molecule has 0 unspecified atom stereocenters. The van der Waals surface area contributed by atoms with Gasteiger partial charge in [-0.2, -0.15) is 0 Å². The summed E-state index contributed by atoms with van der Waals surface area (Å²) in [5.41, 5.74) is 36.1. The molecule has 0 radical (unpaired) electrons. The SMILES string of the molecule is COc1cc([N+](=O)[O-])cc(CN)c1O.COc1cccc(CN)c1O.NCc1cc(CO)ccc1O.NCc1cc(Cl)ccc1O.NCc1cc(O)ccc1O.NCc1ccccc1O. The van der Waals surface area contributed by atoms with Crippen molar-refractivity contribution in [3.63, 3.8) is 0 Å². The Morgan fingerprint density at radius 2 is 0.969 bits per heavy atom. The lowest BCUT2D eigenvalue weighted by Crippen LogP contribution is -2.00. The van der Waals surface area contributed by atoms with E-state index in [9.17, 15) is 20.3 Å². The number of nitrogens with two attached hydrogens (primary N) is 6. The minimum Gasteiger partial charge on any atom is -0.508 e. The van der Waals surface area contributed by atoms with E-state index < -0.39 is 4.92 Å². The van der Waals surface area contributed by atoms with Gasteiger partial charge >= 0.3 is 0 Å². The van der Waals surface area contributed by atoms with E-state index in [-0.39, 0.29) is 76.9 Å². The number of nitrogens with zero attached hydrogens (tertiary/aromatic N) is 1. The number of nitro benzene ring substituents is 1. The van der Waals surface area contributed by atoms with Gasteiger partial charge in [0.25, 0.3) is 5.69 Å². The number of halogens is 1. The van der Waals surface area contributed by atoms with Gasteiger partial charge in [-0.15, -0.1) is 0 Å². The largest absolute Gasteiger partial charge is 0.508 e. The summed E-state index contributed by atoms with van der Waals surface area (Å²) in [5.74, 6) is 1.42. The molecule has 20 N–H and O–H groups in total. The molecule has 19 nitrogen and oxygen atoms in total. The first kappa shape index (κ1) is 55.9. The van der Waals surface area contributed by atoms with Gasteiger partial charge in [0.1, 0.15) is 28.7 Å². The minimum atomic E-state index is -0.568. The van der Waals surface area contributed by atoms with E-state index >= 15 is 0 Å². The van der Waals surface area contributed by atoms with Crippen LogP contribution in [-0.4, -0.2) is 60.0 Å². The molecule has 0 saturated heterocycles. The number of phenols is 7. The third-order valence-corrected chi connectivity index (χ3v) is 8.85. The minimum absolute atomic E-state index is 0.0177. The molecule has 6 aromatic carbocycles. The monoisotopic (exact) mass is 923 g/mol. The predicted molar refractivity (Wildman–Crippen MR) is 248 cm³/mol. The van der Waals surface area contributed by atoms with Crippen molar-refractivity contribution in [2.75, 3.05) is 14.2 Å². The summed E-state index contributed by atoms with van der Waals surface area (Å²) in [6.07, 6.45) is 0. The van der Waals surface area contributed by atoms with Crippen LogP contribution in [0.2, 0.25) is 5.02 Å². The summed E-state index contributed by atoms with van der Waals surface area (Å²) in [6, 6.07) is 28.6. The molecular formula is C45H58ClN7O12. The molecule has 65 heavy (non-hydrogen) atoms. The predicted octanol–water partition coefficient (Wildman–Crippen LogP) is 4.88. The highest BCUT2D eigenvalue weighted by molar-refractivity contribution is 6.30. The molecule has 0 aromatic heterocycles. The van der Waals surface area contributed by atoms with Gasteiger partial charge in [-0.05, 0) is 66.2 Å². The van der Waals surface area contributed by atoms with Gasteiger partial charge in [0, 0.05) is 83.7 Å². The first-order valence-corrected chi connectivity index (χ1v) is 19.6. The molecule has 0 spiro atoms. The van der Waals surface area contributed by atoms with Gasteiger partial charge in [-0.1, -0.05) is 48.0 Å². The van der Waals surface area contributed by atoms with E-state index in [2.05, 4.69) is 0 Å². The molecule has 0 heterocycles. The number of hydrogen-bond acceptors (Lipinski definition) is 18. The Balaban J connectivity index is 0.000000392. The second-order valence-electron chi connectivity index (χ2n) is 12.9. The van der Waals surface area contributed by atoms with E-state index in [0.717, 1.165) is 17.2 Å². The number of hydrogen-bond donors (Lipinski definition) is 14. The number of phenolic OH excluding ortho intramolecular Hbond substituents is 7. The van der Waals surface area contributed by atoms with Crippen molar-refractivity contribution in [1.82, 2.24) is 0 Å². The Morgan fingerprint density at radius 3 is 1.43 bits per heavy atom. The number of aliphatic hydroxyl groups is 1. The van der Waals surface area contributed by atoms with Crippen LogP contribution in [0.5, 0.6) is 51.7 Å². The van der Waals surface area contributed by atoms with E-state index in [0.29, 0.717) is 59.2 Å². The Morgan fingerprint density at radius 1 is 0.508 bits per heavy atom. The fraction of sp³-hybridized carbons (Fsp3) is 0.200. The maximum Gasteiger partial charge on any atom is 0.273 e. The summed E-state index contributed by atoms with van der Waals surface area (Å²) >= 11 is 5.63. The molecule has 352 valence electrons. The number of aromatic hydroxyl groups is 7. The number of non-ortho nitro benzene ring substituents is 1. The normalized spacial score (nSPS) is 9.75. The lowest BCUT2D eigenvalue weighted by atomic mass is 10.1. The van der Waals surface area contributed by atoms with Crippen molar-refractivity contribution in [2.45, 2.75) is 45.9 Å². The Labute approximate surface area is 381 Å². The summed E-state index contributed by atoms with van der Waals surface area (Å²) in [4.78, 5) is 9.91. The molecule has 0 saturated carbocycles. The van der Waals surface area contributed by atoms with Gasteiger partial charge in [-0.3, -0.25) is 10.1 Å². The Hall–Kier alpha value is -7.07. The number of para-hydroxylation sites is 2. The fourth-order valence-electron chi connectivity index (χ4n) is 5.00. The molecule has 0 fully saturated rings. The zero-order valence-electron chi connectivity index (χ0n) is 35.8. The lowest BCUT2D eigenvalue weighted by Gasteiger charge is -2.06. The number of ether oxygens (including phenoxy) is 2. The van der Waals surface area contributed by atoms with Crippen LogP contribution in [0.15, 0.2) is 109 Å². The maximum atomic E-state index is 10.5. The van der Waals surface area contributed by atoms with E-state index in [1.807, 2.05) is 6.07 Å². The number of benzene rings is 6. The van der Waals surface area contributed by atoms with Crippen LogP contribution in [0.4, 0.5) is 5.69 Å². The van der Waals surface area contributed by atoms with Crippen LogP contribution in [0.25, 0.3) is 0 Å². The topological polar surface area (TPSA) is 380 Å². The van der Waals surface area contributed by atoms with E-state index in [1.54, 1.807) is 60.7 Å². The zero-order valence-corrected chi connectivity index (χ0v) is 36.6. The molecule has 6 aromatic rings. The van der Waals surface area contributed by atoms with Gasteiger partial charge < -0.3 is 84.7 Å². The Kier molecular flexibility index (Phi) is 25.9. The third kappa shape index (κ3) is 19.1. The molecule has 0 bridgehead atoms. The number of aliphatic hydroxyl groups excluding tert-OH is 1. The van der Waals surface area contributed by atoms with Crippen LogP contribution in [0, 0.1) is 10.1 Å². The summed E-state index contributed by atoms with van der Waals surface area (Å²) in [6.45, 7) is 1.55. The lowest BCUT2D eigenvalue weighted by molar-refractivity contribution is -0.385. The average molecular weight is 924 g/mol. The first-order valence-electron chi connectivity index (χ1n) is 19.2. The van der Waals surface area contributed by atoms with Crippen molar-refractivity contribution in [1.29, 1.82) is 0 Å². The van der Waals surface area contributed by atoms with Crippen molar-refractivity contribution < 1.29 is 55.2 Å². The first-order chi connectivity index (χ1) is 31.0.